The number of H-pyrrole nitrogens is 1. The van der Waals surface area contributed by atoms with E-state index >= 15 is 0 Å². The van der Waals surface area contributed by atoms with Gasteiger partial charge in [0.2, 0.25) is 0 Å². The predicted molar refractivity (Wildman–Crippen MR) is 129 cm³/mol. The van der Waals surface area contributed by atoms with Crippen LogP contribution in [-0.2, 0) is 11.3 Å². The first-order valence-corrected chi connectivity index (χ1v) is 10.5. The highest BCUT2D eigenvalue weighted by molar-refractivity contribution is 6.35. The molecule has 34 heavy (non-hydrogen) atoms. The molecule has 0 saturated carbocycles. The summed E-state index contributed by atoms with van der Waals surface area (Å²) in [5.74, 6) is -0.585. The van der Waals surface area contributed by atoms with Crippen LogP contribution in [0.15, 0.2) is 42.5 Å². The standard InChI is InChI=1S/C25H24N4O5/c1-13-20(27-14(2)22(13)24(31)32)11-19-18-9-6-16(10-21(18)29-23(19)30)28-25(33)26-12-15-4-7-17(34-3)8-5-15/h4-11,27H,12H2,1-3H3,(H,29,30)(H,31,32)(H2,26,28,33). The van der Waals surface area contributed by atoms with Crippen molar-refractivity contribution >= 4 is 40.9 Å². The summed E-state index contributed by atoms with van der Waals surface area (Å²) in [7, 11) is 1.59. The number of amides is 3. The van der Waals surface area contributed by atoms with E-state index < -0.39 is 5.97 Å². The molecule has 0 atom stereocenters. The zero-order chi connectivity index (χ0) is 24.4. The molecule has 9 heteroatoms. The Hall–Kier alpha value is -4.53. The smallest absolute Gasteiger partial charge is 0.337 e. The number of hydrogen-bond acceptors (Lipinski definition) is 4. The van der Waals surface area contributed by atoms with Crippen LogP contribution in [0.1, 0.15) is 38.4 Å². The fraction of sp³-hybridized carbons (Fsp3) is 0.160. The number of ether oxygens (including phenoxy) is 1. The third-order valence-electron chi connectivity index (χ3n) is 5.65. The number of aromatic amines is 1. The summed E-state index contributed by atoms with van der Waals surface area (Å²) in [6.45, 7) is 3.72. The number of aryl methyl sites for hydroxylation is 1. The van der Waals surface area contributed by atoms with Crippen molar-refractivity contribution in [2.45, 2.75) is 20.4 Å². The molecule has 1 aliphatic rings. The van der Waals surface area contributed by atoms with Crippen LogP contribution in [0.3, 0.4) is 0 Å². The summed E-state index contributed by atoms with van der Waals surface area (Å²) in [5.41, 5.74) is 4.92. The van der Waals surface area contributed by atoms with Gasteiger partial charge in [0, 0.05) is 29.2 Å². The lowest BCUT2D eigenvalue weighted by molar-refractivity contribution is -0.110. The Kier molecular flexibility index (Phi) is 6.09. The molecular formula is C25H24N4O5. The monoisotopic (exact) mass is 460 g/mol. The molecule has 4 rings (SSSR count). The van der Waals surface area contributed by atoms with Crippen molar-refractivity contribution in [3.8, 4) is 5.75 Å². The molecule has 9 nitrogen and oxygen atoms in total. The van der Waals surface area contributed by atoms with E-state index in [1.165, 1.54) is 0 Å². The Labute approximate surface area is 195 Å². The van der Waals surface area contributed by atoms with Crippen LogP contribution in [-0.4, -0.2) is 35.1 Å². The van der Waals surface area contributed by atoms with Gasteiger partial charge in [0.05, 0.1) is 23.9 Å². The lowest BCUT2D eigenvalue weighted by atomic mass is 10.0. The molecule has 0 aliphatic carbocycles. The number of carboxylic acid groups (broad SMARTS) is 1. The second-order valence-corrected chi connectivity index (χ2v) is 7.90. The summed E-state index contributed by atoms with van der Waals surface area (Å²) < 4.78 is 5.12. The number of fused-ring (bicyclic) bond motifs is 1. The van der Waals surface area contributed by atoms with Crippen LogP contribution in [0.5, 0.6) is 5.75 Å². The number of carboxylic acids is 1. The van der Waals surface area contributed by atoms with E-state index in [2.05, 4.69) is 20.9 Å². The Bertz CT molecular complexity index is 1320. The summed E-state index contributed by atoms with van der Waals surface area (Å²) in [4.78, 5) is 39.4. The van der Waals surface area contributed by atoms with E-state index in [1.807, 2.05) is 24.3 Å². The maximum absolute atomic E-state index is 12.6. The number of hydrogen-bond donors (Lipinski definition) is 5. The lowest BCUT2D eigenvalue weighted by Gasteiger charge is -2.09. The average Bonchev–Trinajstić information content (AvgIpc) is 3.27. The molecule has 2 aromatic carbocycles. The maximum atomic E-state index is 12.6. The number of rotatable bonds is 6. The first-order chi connectivity index (χ1) is 16.3. The van der Waals surface area contributed by atoms with Crippen molar-refractivity contribution in [3.63, 3.8) is 0 Å². The van der Waals surface area contributed by atoms with Crippen LogP contribution < -0.4 is 20.7 Å². The largest absolute Gasteiger partial charge is 0.497 e. The average molecular weight is 460 g/mol. The van der Waals surface area contributed by atoms with Gasteiger partial charge in [-0.15, -0.1) is 0 Å². The fourth-order valence-electron chi connectivity index (χ4n) is 3.90. The van der Waals surface area contributed by atoms with Gasteiger partial charge >= 0.3 is 12.0 Å². The second-order valence-electron chi connectivity index (χ2n) is 7.90. The Balaban J connectivity index is 1.47. The zero-order valence-electron chi connectivity index (χ0n) is 18.9. The van der Waals surface area contributed by atoms with Crippen LogP contribution >= 0.6 is 0 Å². The summed E-state index contributed by atoms with van der Waals surface area (Å²) >= 11 is 0. The molecule has 0 unspecified atom stereocenters. The SMILES string of the molecule is COc1ccc(CNC(=O)Nc2ccc3c(c2)NC(=O)C3=Cc2[nH]c(C)c(C(=O)O)c2C)cc1. The number of aromatic carboxylic acids is 1. The predicted octanol–water partition coefficient (Wildman–Crippen LogP) is 4.15. The fourth-order valence-corrected chi connectivity index (χ4v) is 3.90. The highest BCUT2D eigenvalue weighted by atomic mass is 16.5. The van der Waals surface area contributed by atoms with Gasteiger partial charge in [-0.25, -0.2) is 9.59 Å². The minimum Gasteiger partial charge on any atom is -0.497 e. The summed E-state index contributed by atoms with van der Waals surface area (Å²) in [5, 5.41) is 17.7. The molecule has 0 bridgehead atoms. The summed E-state index contributed by atoms with van der Waals surface area (Å²) in [6, 6.07) is 12.1. The van der Waals surface area contributed by atoms with Crippen molar-refractivity contribution in [2.24, 2.45) is 0 Å². The van der Waals surface area contributed by atoms with Crippen LogP contribution in [0.25, 0.3) is 11.6 Å². The number of methoxy groups -OCH3 is 1. The van der Waals surface area contributed by atoms with Crippen molar-refractivity contribution in [2.75, 3.05) is 17.7 Å². The van der Waals surface area contributed by atoms with Gasteiger partial charge in [-0.05, 0) is 55.3 Å². The number of carbonyl (C=O) groups excluding carboxylic acids is 2. The molecule has 0 fully saturated rings. The van der Waals surface area contributed by atoms with E-state index in [0.29, 0.717) is 46.0 Å². The third-order valence-corrected chi connectivity index (χ3v) is 5.65. The van der Waals surface area contributed by atoms with Gasteiger partial charge in [-0.3, -0.25) is 4.79 Å². The molecule has 174 valence electrons. The van der Waals surface area contributed by atoms with Crippen LogP contribution in [0, 0.1) is 13.8 Å². The molecule has 1 aromatic heterocycles. The first-order valence-electron chi connectivity index (χ1n) is 10.5. The van der Waals surface area contributed by atoms with Gasteiger partial charge in [0.25, 0.3) is 5.91 Å². The zero-order valence-corrected chi connectivity index (χ0v) is 18.9. The molecule has 5 N–H and O–H groups in total. The number of anilines is 2. The van der Waals surface area contributed by atoms with Gasteiger partial charge in [-0.1, -0.05) is 18.2 Å². The molecule has 0 saturated heterocycles. The topological polar surface area (TPSA) is 133 Å². The van der Waals surface area contributed by atoms with Gasteiger partial charge in [-0.2, -0.15) is 0 Å². The summed E-state index contributed by atoms with van der Waals surface area (Å²) in [6.07, 6.45) is 1.64. The van der Waals surface area contributed by atoms with Gasteiger partial charge < -0.3 is 30.8 Å². The lowest BCUT2D eigenvalue weighted by Crippen LogP contribution is -2.28. The van der Waals surface area contributed by atoms with Gasteiger partial charge in [0.15, 0.2) is 0 Å². The molecule has 1 aliphatic heterocycles. The second kappa shape index (κ2) is 9.14. The minimum absolute atomic E-state index is 0.200. The number of benzene rings is 2. The minimum atomic E-state index is -1.02. The maximum Gasteiger partial charge on any atom is 0.337 e. The molecule has 0 spiro atoms. The number of aromatic nitrogens is 1. The Morgan fingerprint density at radius 2 is 1.85 bits per heavy atom. The molecule has 3 aromatic rings. The molecule has 3 amide bonds. The molecule has 2 heterocycles. The number of urea groups is 1. The normalized spacial score (nSPS) is 13.4. The molecule has 0 radical (unpaired) electrons. The van der Waals surface area contributed by atoms with E-state index in [9.17, 15) is 19.5 Å². The highest BCUT2D eigenvalue weighted by Gasteiger charge is 2.26. The van der Waals surface area contributed by atoms with Crippen LogP contribution in [0.2, 0.25) is 0 Å². The van der Waals surface area contributed by atoms with E-state index in [0.717, 1.165) is 11.3 Å². The Morgan fingerprint density at radius 3 is 2.50 bits per heavy atom. The van der Waals surface area contributed by atoms with Crippen molar-refractivity contribution in [3.05, 3.63) is 76.1 Å². The van der Waals surface area contributed by atoms with Gasteiger partial charge in [0.1, 0.15) is 5.75 Å². The quantitative estimate of drug-likeness (QED) is 0.353. The van der Waals surface area contributed by atoms with Crippen molar-refractivity contribution in [1.82, 2.24) is 10.3 Å². The Morgan fingerprint density at radius 1 is 1.12 bits per heavy atom. The van der Waals surface area contributed by atoms with Crippen LogP contribution in [0.4, 0.5) is 16.2 Å². The van der Waals surface area contributed by atoms with Crippen molar-refractivity contribution in [1.29, 1.82) is 0 Å². The van der Waals surface area contributed by atoms with E-state index in [4.69, 9.17) is 4.74 Å². The number of carbonyl (C=O) groups is 3. The number of nitrogens with one attached hydrogen (secondary N) is 4. The first kappa shape index (κ1) is 22.7. The van der Waals surface area contributed by atoms with E-state index in [-0.39, 0.29) is 17.5 Å². The highest BCUT2D eigenvalue weighted by Crippen LogP contribution is 2.35. The van der Waals surface area contributed by atoms with E-state index in [1.54, 1.807) is 45.2 Å². The van der Waals surface area contributed by atoms with Crippen molar-refractivity contribution < 1.29 is 24.2 Å². The molecular weight excluding hydrogens is 436 g/mol. The third kappa shape index (κ3) is 4.49.